The van der Waals surface area contributed by atoms with Gasteiger partial charge < -0.3 is 5.11 Å². The summed E-state index contributed by atoms with van der Waals surface area (Å²) in [6.07, 6.45) is 9.95. The summed E-state index contributed by atoms with van der Waals surface area (Å²) in [6.45, 7) is 2.96. The maximum atomic E-state index is 11.1. The summed E-state index contributed by atoms with van der Waals surface area (Å²) >= 11 is 0. The van der Waals surface area contributed by atoms with Crippen LogP contribution in [0.1, 0.15) is 71.1 Å². The highest BCUT2D eigenvalue weighted by molar-refractivity contribution is 5.80. The number of carbonyl (C=O) groups excluding carboxylic acids is 1. The molecule has 0 spiro atoms. The summed E-state index contributed by atoms with van der Waals surface area (Å²) in [5, 5.41) is 8.41. The van der Waals surface area contributed by atoms with E-state index in [4.69, 9.17) is 5.11 Å². The molecule has 0 aliphatic heterocycles. The van der Waals surface area contributed by atoms with Crippen molar-refractivity contribution < 1.29 is 14.7 Å². The van der Waals surface area contributed by atoms with Crippen molar-refractivity contribution in [2.24, 2.45) is 0 Å². The number of unbranched alkanes of at least 4 members (excludes halogenated alkanes) is 7. The molecule has 0 saturated heterocycles. The van der Waals surface area contributed by atoms with Gasteiger partial charge in [0, 0.05) is 13.0 Å². The number of nitrogens with one attached hydrogen (secondary N) is 2. The molecule has 0 aliphatic carbocycles. The Morgan fingerprint density at radius 2 is 1.47 bits per heavy atom. The highest BCUT2D eigenvalue weighted by atomic mass is 16.4. The van der Waals surface area contributed by atoms with Gasteiger partial charge in [0.05, 0.1) is 6.42 Å². The van der Waals surface area contributed by atoms with Gasteiger partial charge in [-0.3, -0.25) is 15.0 Å². The lowest BCUT2D eigenvalue weighted by molar-refractivity contribution is -0.139. The molecule has 0 unspecified atom stereocenters. The SMILES string of the molecule is CCCCCCCCCCNNC(=O)CCC(=O)O. The Morgan fingerprint density at radius 3 is 2.05 bits per heavy atom. The van der Waals surface area contributed by atoms with Crippen LogP contribution in [0.3, 0.4) is 0 Å². The number of hydrogen-bond acceptors (Lipinski definition) is 3. The van der Waals surface area contributed by atoms with E-state index in [9.17, 15) is 9.59 Å². The second-order valence-corrected chi connectivity index (χ2v) is 4.84. The van der Waals surface area contributed by atoms with E-state index in [0.717, 1.165) is 13.0 Å². The Balaban J connectivity index is 3.13. The zero-order valence-corrected chi connectivity index (χ0v) is 12.0. The normalized spacial score (nSPS) is 10.4. The van der Waals surface area contributed by atoms with Crippen molar-refractivity contribution in [1.82, 2.24) is 10.9 Å². The molecule has 1 amide bonds. The smallest absolute Gasteiger partial charge is 0.303 e. The topological polar surface area (TPSA) is 78.4 Å². The van der Waals surface area contributed by atoms with Crippen LogP contribution in [0.25, 0.3) is 0 Å². The summed E-state index contributed by atoms with van der Waals surface area (Å²) in [5.41, 5.74) is 5.33. The Kier molecular flexibility index (Phi) is 12.6. The maximum Gasteiger partial charge on any atom is 0.303 e. The Labute approximate surface area is 116 Å². The van der Waals surface area contributed by atoms with E-state index in [-0.39, 0.29) is 18.7 Å². The molecule has 0 aromatic rings. The quantitative estimate of drug-likeness (QED) is 0.356. The van der Waals surface area contributed by atoms with Gasteiger partial charge >= 0.3 is 5.97 Å². The summed E-state index contributed by atoms with van der Waals surface area (Å²) in [7, 11) is 0. The molecular weight excluding hydrogens is 244 g/mol. The highest BCUT2D eigenvalue weighted by Gasteiger charge is 2.03. The van der Waals surface area contributed by atoms with E-state index in [1.54, 1.807) is 0 Å². The first kappa shape index (κ1) is 17.9. The third kappa shape index (κ3) is 14.8. The number of carbonyl (C=O) groups is 2. The second-order valence-electron chi connectivity index (χ2n) is 4.84. The van der Waals surface area contributed by atoms with Gasteiger partial charge in [-0.2, -0.15) is 0 Å². The van der Waals surface area contributed by atoms with Crippen molar-refractivity contribution in [3.63, 3.8) is 0 Å². The van der Waals surface area contributed by atoms with Crippen LogP contribution in [-0.4, -0.2) is 23.5 Å². The van der Waals surface area contributed by atoms with Crippen LogP contribution >= 0.6 is 0 Å². The average Bonchev–Trinajstić information content (AvgIpc) is 2.38. The largest absolute Gasteiger partial charge is 0.481 e. The third-order valence-corrected chi connectivity index (χ3v) is 2.95. The summed E-state index contributed by atoms with van der Waals surface area (Å²) in [6, 6.07) is 0. The van der Waals surface area contributed by atoms with Crippen molar-refractivity contribution in [3.05, 3.63) is 0 Å². The van der Waals surface area contributed by atoms with Crippen LogP contribution in [0, 0.1) is 0 Å². The Morgan fingerprint density at radius 1 is 0.895 bits per heavy atom. The molecule has 19 heavy (non-hydrogen) atoms. The average molecular weight is 272 g/mol. The van der Waals surface area contributed by atoms with Crippen molar-refractivity contribution in [2.75, 3.05) is 6.54 Å². The molecule has 0 aromatic carbocycles. The number of rotatable bonds is 13. The van der Waals surface area contributed by atoms with Crippen LogP contribution in [0.5, 0.6) is 0 Å². The number of hydrazine groups is 1. The molecule has 0 atom stereocenters. The van der Waals surface area contributed by atoms with Gasteiger partial charge in [-0.1, -0.05) is 51.9 Å². The zero-order valence-electron chi connectivity index (χ0n) is 12.0. The predicted octanol–water partition coefficient (Wildman–Crippen LogP) is 2.61. The van der Waals surface area contributed by atoms with Gasteiger partial charge in [-0.05, 0) is 6.42 Å². The zero-order chi connectivity index (χ0) is 14.3. The fourth-order valence-corrected chi connectivity index (χ4v) is 1.79. The molecule has 3 N–H and O–H groups in total. The fourth-order valence-electron chi connectivity index (χ4n) is 1.79. The molecular formula is C14H28N2O3. The number of carboxylic acid groups (broad SMARTS) is 1. The van der Waals surface area contributed by atoms with Gasteiger partial charge in [0.2, 0.25) is 5.91 Å². The van der Waals surface area contributed by atoms with Crippen molar-refractivity contribution in [1.29, 1.82) is 0 Å². The van der Waals surface area contributed by atoms with Crippen molar-refractivity contribution >= 4 is 11.9 Å². The van der Waals surface area contributed by atoms with Gasteiger partial charge in [0.15, 0.2) is 0 Å². The van der Waals surface area contributed by atoms with E-state index < -0.39 is 5.97 Å². The van der Waals surface area contributed by atoms with Crippen LogP contribution < -0.4 is 10.9 Å². The van der Waals surface area contributed by atoms with Gasteiger partial charge in [0.1, 0.15) is 0 Å². The monoisotopic (exact) mass is 272 g/mol. The molecule has 112 valence electrons. The number of aliphatic carboxylic acids is 1. The van der Waals surface area contributed by atoms with Gasteiger partial charge in [-0.15, -0.1) is 0 Å². The first-order valence-electron chi connectivity index (χ1n) is 7.40. The molecule has 0 fully saturated rings. The third-order valence-electron chi connectivity index (χ3n) is 2.95. The first-order valence-corrected chi connectivity index (χ1v) is 7.40. The molecule has 0 aliphatic rings. The van der Waals surface area contributed by atoms with Crippen LogP contribution in [0.15, 0.2) is 0 Å². The summed E-state index contributed by atoms with van der Waals surface area (Å²) in [5.74, 6) is -1.21. The minimum Gasteiger partial charge on any atom is -0.481 e. The molecule has 0 aromatic heterocycles. The maximum absolute atomic E-state index is 11.1. The second kappa shape index (κ2) is 13.3. The van der Waals surface area contributed by atoms with Crippen molar-refractivity contribution in [3.8, 4) is 0 Å². The highest BCUT2D eigenvalue weighted by Crippen LogP contribution is 2.07. The predicted molar refractivity (Wildman–Crippen MR) is 75.6 cm³/mol. The van der Waals surface area contributed by atoms with Crippen LogP contribution in [-0.2, 0) is 9.59 Å². The van der Waals surface area contributed by atoms with E-state index in [0.29, 0.717) is 0 Å². The van der Waals surface area contributed by atoms with Gasteiger partial charge in [-0.25, -0.2) is 5.43 Å². The molecule has 0 bridgehead atoms. The van der Waals surface area contributed by atoms with Gasteiger partial charge in [0.25, 0.3) is 0 Å². The van der Waals surface area contributed by atoms with Crippen LogP contribution in [0.4, 0.5) is 0 Å². The van der Waals surface area contributed by atoms with E-state index >= 15 is 0 Å². The lowest BCUT2D eigenvalue weighted by Crippen LogP contribution is -2.38. The molecule has 5 heteroatoms. The van der Waals surface area contributed by atoms with Crippen LogP contribution in [0.2, 0.25) is 0 Å². The lowest BCUT2D eigenvalue weighted by atomic mass is 10.1. The Hall–Kier alpha value is -1.10. The molecule has 0 rings (SSSR count). The summed E-state index contributed by atoms with van der Waals surface area (Å²) in [4.78, 5) is 21.4. The fraction of sp³-hybridized carbons (Fsp3) is 0.857. The standard InChI is InChI=1S/C14H28N2O3/c1-2-3-4-5-6-7-8-9-12-15-16-13(17)10-11-14(18)19/h15H,2-12H2,1H3,(H,16,17)(H,18,19). The Bertz CT molecular complexity index is 245. The number of amides is 1. The lowest BCUT2D eigenvalue weighted by Gasteiger charge is -2.06. The molecule has 5 nitrogen and oxygen atoms in total. The first-order chi connectivity index (χ1) is 9.16. The number of hydrogen-bond donors (Lipinski definition) is 3. The van der Waals surface area contributed by atoms with E-state index in [1.807, 2.05) is 0 Å². The molecule has 0 heterocycles. The number of carboxylic acids is 1. The van der Waals surface area contributed by atoms with E-state index in [2.05, 4.69) is 17.8 Å². The van der Waals surface area contributed by atoms with E-state index in [1.165, 1.54) is 44.9 Å². The summed E-state index contributed by atoms with van der Waals surface area (Å²) < 4.78 is 0. The molecule has 0 saturated carbocycles. The van der Waals surface area contributed by atoms with Crippen molar-refractivity contribution in [2.45, 2.75) is 71.1 Å². The minimum absolute atomic E-state index is 0.0275. The minimum atomic E-state index is -0.946. The molecule has 0 radical (unpaired) electrons.